The van der Waals surface area contributed by atoms with Crippen molar-refractivity contribution in [2.24, 2.45) is 5.73 Å². The average Bonchev–Trinajstić information content (AvgIpc) is 2.25. The molecule has 7 heteroatoms. The van der Waals surface area contributed by atoms with Gasteiger partial charge in [0, 0.05) is 19.1 Å². The van der Waals surface area contributed by atoms with E-state index in [2.05, 4.69) is 10.2 Å². The molecule has 1 heterocycles. The molecule has 1 rings (SSSR count). The van der Waals surface area contributed by atoms with Gasteiger partial charge >= 0.3 is 6.18 Å². The van der Waals surface area contributed by atoms with Gasteiger partial charge in [0.25, 0.3) is 0 Å². The van der Waals surface area contributed by atoms with E-state index in [4.69, 9.17) is 5.73 Å². The molecular formula is C11H20F3N3O. The van der Waals surface area contributed by atoms with Crippen LogP contribution in [0.4, 0.5) is 13.2 Å². The Morgan fingerprint density at radius 3 is 2.22 bits per heavy atom. The van der Waals surface area contributed by atoms with Gasteiger partial charge in [-0.25, -0.2) is 0 Å². The van der Waals surface area contributed by atoms with Gasteiger partial charge in [-0.2, -0.15) is 13.2 Å². The smallest absolute Gasteiger partial charge is 0.368 e. The summed E-state index contributed by atoms with van der Waals surface area (Å²) in [7, 11) is 0. The van der Waals surface area contributed by atoms with E-state index in [1.807, 2.05) is 13.8 Å². The Kier molecular flexibility index (Phi) is 4.61. The molecule has 0 aliphatic carbocycles. The Bertz CT molecular complexity index is 296. The van der Waals surface area contributed by atoms with Crippen molar-refractivity contribution in [3.05, 3.63) is 0 Å². The molecule has 1 amide bonds. The van der Waals surface area contributed by atoms with Crippen LogP contribution in [-0.4, -0.2) is 48.2 Å². The molecule has 18 heavy (non-hydrogen) atoms. The van der Waals surface area contributed by atoms with Gasteiger partial charge in [-0.1, -0.05) is 0 Å². The highest BCUT2D eigenvalue weighted by atomic mass is 19.4. The topological polar surface area (TPSA) is 58.4 Å². The second-order valence-corrected chi connectivity index (χ2v) is 5.04. The Balaban J connectivity index is 2.65. The Labute approximate surface area is 105 Å². The number of alkyl halides is 3. The van der Waals surface area contributed by atoms with Gasteiger partial charge in [-0.15, -0.1) is 0 Å². The van der Waals surface area contributed by atoms with E-state index in [0.717, 1.165) is 0 Å². The lowest BCUT2D eigenvalue weighted by Gasteiger charge is -2.41. The lowest BCUT2D eigenvalue weighted by molar-refractivity contribution is -0.138. The van der Waals surface area contributed by atoms with Crippen molar-refractivity contribution in [3.8, 4) is 0 Å². The zero-order valence-corrected chi connectivity index (χ0v) is 10.7. The first kappa shape index (κ1) is 15.2. The minimum Gasteiger partial charge on any atom is -0.368 e. The third-order valence-electron chi connectivity index (χ3n) is 3.48. The number of nitrogens with zero attached hydrogens (tertiary/aromatic N) is 1. The predicted molar refractivity (Wildman–Crippen MR) is 61.9 cm³/mol. The lowest BCUT2D eigenvalue weighted by atomic mass is 9.86. The number of likely N-dealkylation sites (tertiary alicyclic amines) is 1. The van der Waals surface area contributed by atoms with E-state index < -0.39 is 24.2 Å². The van der Waals surface area contributed by atoms with Gasteiger partial charge < -0.3 is 10.6 Å². The molecule has 0 radical (unpaired) electrons. The first-order valence-corrected chi connectivity index (χ1v) is 6.02. The van der Waals surface area contributed by atoms with Crippen LogP contribution in [0.3, 0.4) is 0 Å². The maximum atomic E-state index is 12.2. The zero-order valence-electron chi connectivity index (χ0n) is 10.7. The first-order valence-electron chi connectivity index (χ1n) is 6.02. The minimum absolute atomic E-state index is 0.316. The number of hydrogen-bond acceptors (Lipinski definition) is 3. The molecule has 0 atom stereocenters. The summed E-state index contributed by atoms with van der Waals surface area (Å²) in [6.07, 6.45) is -3.70. The summed E-state index contributed by atoms with van der Waals surface area (Å²) in [5.74, 6) is -0.699. The molecule has 4 nitrogen and oxygen atoms in total. The summed E-state index contributed by atoms with van der Waals surface area (Å²) in [4.78, 5) is 13.6. The average molecular weight is 267 g/mol. The van der Waals surface area contributed by atoms with Crippen LogP contribution >= 0.6 is 0 Å². The van der Waals surface area contributed by atoms with E-state index >= 15 is 0 Å². The van der Waals surface area contributed by atoms with Crippen LogP contribution in [0.15, 0.2) is 0 Å². The molecular weight excluding hydrogens is 247 g/mol. The molecule has 0 bridgehead atoms. The van der Waals surface area contributed by atoms with Crippen molar-refractivity contribution in [1.82, 2.24) is 10.2 Å². The molecule has 0 aromatic rings. The molecule has 0 spiro atoms. The first-order chi connectivity index (χ1) is 8.16. The van der Waals surface area contributed by atoms with Crippen LogP contribution < -0.4 is 11.1 Å². The number of piperidine rings is 1. The summed E-state index contributed by atoms with van der Waals surface area (Å²) in [5.41, 5.74) is 4.04. The van der Waals surface area contributed by atoms with Gasteiger partial charge in [-0.05, 0) is 26.7 Å². The van der Waals surface area contributed by atoms with Crippen molar-refractivity contribution in [3.63, 3.8) is 0 Å². The lowest BCUT2D eigenvalue weighted by Crippen LogP contribution is -2.62. The molecule has 3 N–H and O–H groups in total. The van der Waals surface area contributed by atoms with Gasteiger partial charge in [0.1, 0.15) is 5.54 Å². The van der Waals surface area contributed by atoms with E-state index in [-0.39, 0.29) is 0 Å². The van der Waals surface area contributed by atoms with Crippen LogP contribution in [0.25, 0.3) is 0 Å². The van der Waals surface area contributed by atoms with Gasteiger partial charge in [0.05, 0.1) is 6.54 Å². The molecule has 1 aliphatic rings. The monoisotopic (exact) mass is 267 g/mol. The number of hydrogen-bond donors (Lipinski definition) is 2. The molecule has 1 fully saturated rings. The second kappa shape index (κ2) is 5.44. The molecule has 106 valence electrons. The molecule has 0 unspecified atom stereocenters. The van der Waals surface area contributed by atoms with E-state index in [9.17, 15) is 18.0 Å². The van der Waals surface area contributed by atoms with Crippen LogP contribution in [0, 0.1) is 0 Å². The van der Waals surface area contributed by atoms with Crippen LogP contribution in [0.1, 0.15) is 26.7 Å². The number of amides is 1. The van der Waals surface area contributed by atoms with Crippen molar-refractivity contribution in [1.29, 1.82) is 0 Å². The largest absolute Gasteiger partial charge is 0.401 e. The Morgan fingerprint density at radius 2 is 1.89 bits per heavy atom. The normalized spacial score (nSPS) is 21.2. The predicted octanol–water partition coefficient (Wildman–Crippen LogP) is 0.867. The molecule has 0 aromatic heterocycles. The summed E-state index contributed by atoms with van der Waals surface area (Å²) in [6.45, 7) is 4.00. The number of nitrogens with one attached hydrogen (secondary N) is 1. The molecule has 1 aliphatic heterocycles. The number of halogens is 3. The summed E-state index contributed by atoms with van der Waals surface area (Å²) < 4.78 is 36.7. The highest BCUT2D eigenvalue weighted by Gasteiger charge is 2.42. The summed E-state index contributed by atoms with van der Waals surface area (Å²) in [6, 6.07) is 0.318. The number of carbonyl (C=O) groups is 1. The van der Waals surface area contributed by atoms with Crippen molar-refractivity contribution >= 4 is 5.91 Å². The molecule has 1 saturated heterocycles. The third kappa shape index (κ3) is 3.84. The van der Waals surface area contributed by atoms with E-state index in [1.54, 1.807) is 0 Å². The van der Waals surface area contributed by atoms with Gasteiger partial charge in [-0.3, -0.25) is 10.1 Å². The molecule has 0 saturated carbocycles. The fourth-order valence-electron chi connectivity index (χ4n) is 2.20. The van der Waals surface area contributed by atoms with Crippen molar-refractivity contribution in [2.45, 2.75) is 44.4 Å². The van der Waals surface area contributed by atoms with Gasteiger partial charge in [0.2, 0.25) is 5.91 Å². The summed E-state index contributed by atoms with van der Waals surface area (Å²) in [5, 5.41) is 2.31. The van der Waals surface area contributed by atoms with Gasteiger partial charge in [0.15, 0.2) is 0 Å². The SMILES string of the molecule is CC(C)N1CCC(NCC(F)(F)F)(C(N)=O)CC1. The molecule has 0 aromatic carbocycles. The fraction of sp³-hybridized carbons (Fsp3) is 0.909. The van der Waals surface area contributed by atoms with Crippen molar-refractivity contribution in [2.75, 3.05) is 19.6 Å². The number of primary amides is 1. The maximum absolute atomic E-state index is 12.2. The van der Waals surface area contributed by atoms with E-state index in [1.165, 1.54) is 0 Å². The van der Waals surface area contributed by atoms with Crippen LogP contribution in [-0.2, 0) is 4.79 Å². The van der Waals surface area contributed by atoms with Crippen molar-refractivity contribution < 1.29 is 18.0 Å². The third-order valence-corrected chi connectivity index (χ3v) is 3.48. The quantitative estimate of drug-likeness (QED) is 0.794. The zero-order chi connectivity index (χ0) is 14.0. The maximum Gasteiger partial charge on any atom is 0.401 e. The highest BCUT2D eigenvalue weighted by Crippen LogP contribution is 2.25. The number of rotatable bonds is 4. The van der Waals surface area contributed by atoms with Crippen LogP contribution in [0.2, 0.25) is 0 Å². The number of nitrogens with two attached hydrogens (primary N) is 1. The highest BCUT2D eigenvalue weighted by molar-refractivity contribution is 5.84. The standard InChI is InChI=1S/C11H20F3N3O/c1-8(2)17-5-3-10(4-6-17,9(15)18)16-7-11(12,13)14/h8,16H,3-7H2,1-2H3,(H2,15,18). The summed E-state index contributed by atoms with van der Waals surface area (Å²) >= 11 is 0. The minimum atomic E-state index is -4.34. The Morgan fingerprint density at radius 1 is 1.39 bits per heavy atom. The van der Waals surface area contributed by atoms with Crippen LogP contribution in [0.5, 0.6) is 0 Å². The fourth-order valence-corrected chi connectivity index (χ4v) is 2.20. The van der Waals surface area contributed by atoms with E-state index in [0.29, 0.717) is 32.0 Å². The second-order valence-electron chi connectivity index (χ2n) is 5.04. The number of carbonyl (C=O) groups excluding carboxylic acids is 1. The Hall–Kier alpha value is -0.820.